The molecule has 17 heavy (non-hydrogen) atoms. The van der Waals surface area contributed by atoms with Gasteiger partial charge in [0, 0.05) is 0 Å². The first-order valence-corrected chi connectivity index (χ1v) is 6.44. The Labute approximate surface area is 107 Å². The zero-order valence-electron chi connectivity index (χ0n) is 11.6. The van der Waals surface area contributed by atoms with Crippen molar-refractivity contribution in [2.24, 2.45) is 0 Å². The number of rotatable bonds is 0. The Balaban J connectivity index is 0.000000247. The summed E-state index contributed by atoms with van der Waals surface area (Å²) in [5, 5.41) is 0. The Kier molecular flexibility index (Phi) is 10.3. The lowest BCUT2D eigenvalue weighted by Gasteiger charge is -1.96. The van der Waals surface area contributed by atoms with Gasteiger partial charge in [-0.2, -0.15) is 0 Å². The second-order valence-corrected chi connectivity index (χ2v) is 4.26. The normalized spacial score (nSPS) is 16.6. The summed E-state index contributed by atoms with van der Waals surface area (Å²) in [7, 11) is 0. The van der Waals surface area contributed by atoms with Gasteiger partial charge in [-0.3, -0.25) is 0 Å². The molecule has 2 aliphatic carbocycles. The molecule has 0 amide bonds. The van der Waals surface area contributed by atoms with Gasteiger partial charge in [-0.05, 0) is 46.5 Å². The molecule has 0 aromatic rings. The van der Waals surface area contributed by atoms with Gasteiger partial charge in [-0.1, -0.05) is 53.7 Å². The Bertz CT molecular complexity index is 281. The van der Waals surface area contributed by atoms with Crippen LogP contribution in [0.25, 0.3) is 0 Å². The van der Waals surface area contributed by atoms with Crippen LogP contribution in [0.2, 0.25) is 0 Å². The van der Waals surface area contributed by atoms with Crippen molar-refractivity contribution >= 4 is 0 Å². The van der Waals surface area contributed by atoms with E-state index in [0.717, 1.165) is 0 Å². The molecule has 0 aliphatic heterocycles. The second kappa shape index (κ2) is 11.2. The van der Waals surface area contributed by atoms with E-state index in [1.165, 1.54) is 36.8 Å². The summed E-state index contributed by atoms with van der Waals surface area (Å²) >= 11 is 0. The fraction of sp³-hybridized carbons (Fsp3) is 0.412. The van der Waals surface area contributed by atoms with E-state index in [1.54, 1.807) is 6.08 Å². The van der Waals surface area contributed by atoms with Crippen molar-refractivity contribution in [1.82, 2.24) is 0 Å². The highest BCUT2D eigenvalue weighted by molar-refractivity contribution is 5.19. The van der Waals surface area contributed by atoms with E-state index in [4.69, 9.17) is 0 Å². The lowest BCUT2D eigenvalue weighted by Crippen LogP contribution is -1.76. The minimum atomic E-state index is 1.23. The number of hydrogen-bond donors (Lipinski definition) is 0. The fourth-order valence-electron chi connectivity index (χ4n) is 1.49. The summed E-state index contributed by atoms with van der Waals surface area (Å²) in [5.74, 6) is 0. The second-order valence-electron chi connectivity index (χ2n) is 4.26. The third kappa shape index (κ3) is 11.0. The zero-order chi connectivity index (χ0) is 12.9. The largest absolute Gasteiger partial charge is 0.103 e. The minimum absolute atomic E-state index is 1.23. The molecule has 0 radical (unpaired) electrons. The summed E-state index contributed by atoms with van der Waals surface area (Å²) in [6.45, 7) is 9.52. The van der Waals surface area contributed by atoms with Gasteiger partial charge in [0.2, 0.25) is 0 Å². The van der Waals surface area contributed by atoms with Crippen LogP contribution in [0, 0.1) is 0 Å². The molecule has 0 saturated carbocycles. The molecule has 0 fully saturated rings. The minimum Gasteiger partial charge on any atom is -0.103 e. The summed E-state index contributed by atoms with van der Waals surface area (Å²) < 4.78 is 0. The molecule has 0 nitrogen and oxygen atoms in total. The predicted octanol–water partition coefficient (Wildman–Crippen LogP) is 5.76. The highest BCUT2D eigenvalue weighted by Gasteiger charge is 1.86. The van der Waals surface area contributed by atoms with Crippen LogP contribution >= 0.6 is 0 Å². The van der Waals surface area contributed by atoms with Gasteiger partial charge in [0.25, 0.3) is 0 Å². The van der Waals surface area contributed by atoms with Gasteiger partial charge in [0.1, 0.15) is 0 Å². The summed E-state index contributed by atoms with van der Waals surface area (Å²) in [6.07, 6.45) is 20.0. The summed E-state index contributed by atoms with van der Waals surface area (Å²) in [4.78, 5) is 0. The Morgan fingerprint density at radius 2 is 1.24 bits per heavy atom. The van der Waals surface area contributed by atoms with Crippen LogP contribution in [-0.4, -0.2) is 0 Å². The van der Waals surface area contributed by atoms with Crippen molar-refractivity contribution in [3.05, 3.63) is 60.3 Å². The molecule has 0 aromatic heterocycles. The average molecular weight is 230 g/mol. The molecule has 0 aromatic carbocycles. The summed E-state index contributed by atoms with van der Waals surface area (Å²) in [5.41, 5.74) is 2.82. The SMILES string of the molecule is C=CC.CC1=CCCC=C1.CC1=CCCC=C1. The molecule has 0 N–H and O–H groups in total. The zero-order valence-corrected chi connectivity index (χ0v) is 11.6. The topological polar surface area (TPSA) is 0 Å². The van der Waals surface area contributed by atoms with E-state index in [-0.39, 0.29) is 0 Å². The van der Waals surface area contributed by atoms with Gasteiger partial charge in [0.15, 0.2) is 0 Å². The first-order valence-electron chi connectivity index (χ1n) is 6.44. The van der Waals surface area contributed by atoms with Crippen molar-refractivity contribution in [3.8, 4) is 0 Å². The lowest BCUT2D eigenvalue weighted by atomic mass is 10.1. The first kappa shape index (κ1) is 15.7. The number of allylic oxidation sites excluding steroid dienone is 9. The quantitative estimate of drug-likeness (QED) is 0.464. The van der Waals surface area contributed by atoms with Crippen molar-refractivity contribution in [2.45, 2.75) is 46.5 Å². The number of hydrogen-bond acceptors (Lipinski definition) is 0. The maximum absolute atomic E-state index is 3.36. The molecule has 0 heteroatoms. The summed E-state index contributed by atoms with van der Waals surface area (Å²) in [6, 6.07) is 0. The van der Waals surface area contributed by atoms with Crippen LogP contribution in [-0.2, 0) is 0 Å². The highest BCUT2D eigenvalue weighted by Crippen LogP contribution is 2.07. The van der Waals surface area contributed by atoms with E-state index >= 15 is 0 Å². The smallest absolute Gasteiger partial charge is 0.0310 e. The van der Waals surface area contributed by atoms with Gasteiger partial charge in [-0.15, -0.1) is 6.58 Å². The van der Waals surface area contributed by atoms with E-state index in [0.29, 0.717) is 0 Å². The molecular formula is C17H26. The van der Waals surface area contributed by atoms with Crippen LogP contribution in [0.4, 0.5) is 0 Å². The van der Waals surface area contributed by atoms with E-state index in [2.05, 4.69) is 56.9 Å². The Morgan fingerprint density at radius 1 is 0.882 bits per heavy atom. The molecule has 0 unspecified atom stereocenters. The van der Waals surface area contributed by atoms with Crippen LogP contribution in [0.1, 0.15) is 46.5 Å². The average Bonchev–Trinajstić information content (AvgIpc) is 2.33. The van der Waals surface area contributed by atoms with Crippen molar-refractivity contribution in [1.29, 1.82) is 0 Å². The van der Waals surface area contributed by atoms with Gasteiger partial charge < -0.3 is 0 Å². The maximum Gasteiger partial charge on any atom is -0.0310 e. The van der Waals surface area contributed by atoms with Crippen molar-refractivity contribution in [3.63, 3.8) is 0 Å². The molecule has 2 aliphatic rings. The van der Waals surface area contributed by atoms with Gasteiger partial charge >= 0.3 is 0 Å². The molecule has 0 spiro atoms. The van der Waals surface area contributed by atoms with Gasteiger partial charge in [-0.25, -0.2) is 0 Å². The molecule has 0 bridgehead atoms. The first-order chi connectivity index (χ1) is 8.20. The Hall–Kier alpha value is -1.30. The van der Waals surface area contributed by atoms with Crippen LogP contribution in [0.5, 0.6) is 0 Å². The molecule has 0 atom stereocenters. The monoisotopic (exact) mass is 230 g/mol. The molecular weight excluding hydrogens is 204 g/mol. The van der Waals surface area contributed by atoms with Crippen LogP contribution in [0.3, 0.4) is 0 Å². The molecule has 94 valence electrons. The lowest BCUT2D eigenvalue weighted by molar-refractivity contribution is 1.02. The maximum atomic E-state index is 3.36. The fourth-order valence-corrected chi connectivity index (χ4v) is 1.49. The standard InChI is InChI=1S/2C7H10.C3H6/c2*1-7-5-3-2-4-6-7;1-3-2/h2*3,5-6H,2,4H2,1H3;3H,1H2,2H3. The van der Waals surface area contributed by atoms with E-state index < -0.39 is 0 Å². The van der Waals surface area contributed by atoms with Crippen LogP contribution < -0.4 is 0 Å². The molecule has 0 saturated heterocycles. The molecule has 0 heterocycles. The third-order valence-electron chi connectivity index (χ3n) is 2.36. The predicted molar refractivity (Wildman–Crippen MR) is 80.1 cm³/mol. The van der Waals surface area contributed by atoms with E-state index in [9.17, 15) is 0 Å². The van der Waals surface area contributed by atoms with E-state index in [1.807, 2.05) is 6.92 Å². The third-order valence-corrected chi connectivity index (χ3v) is 2.36. The van der Waals surface area contributed by atoms with Crippen molar-refractivity contribution in [2.75, 3.05) is 0 Å². The van der Waals surface area contributed by atoms with Crippen molar-refractivity contribution < 1.29 is 0 Å². The van der Waals surface area contributed by atoms with Gasteiger partial charge in [0.05, 0.1) is 0 Å². The highest BCUT2D eigenvalue weighted by atomic mass is 13.9. The molecule has 2 rings (SSSR count). The Morgan fingerprint density at radius 3 is 1.35 bits per heavy atom. The van der Waals surface area contributed by atoms with Crippen LogP contribution in [0.15, 0.2) is 60.3 Å².